The molecular weight excluding hydrogens is 355 g/mol. The number of carbonyl (C=O) groups excluding carboxylic acids is 2. The molecule has 22 heavy (non-hydrogen) atoms. The van der Waals surface area contributed by atoms with Gasteiger partial charge in [-0.05, 0) is 52.7 Å². The Morgan fingerprint density at radius 1 is 1.32 bits per heavy atom. The lowest BCUT2D eigenvalue weighted by Gasteiger charge is -2.15. The summed E-state index contributed by atoms with van der Waals surface area (Å²) in [5.41, 5.74) is 0.836. The fraction of sp³-hybridized carbons (Fsp3) is 0.200. The molecule has 0 radical (unpaired) electrons. The molecule has 0 unspecified atom stereocenters. The Kier molecular flexibility index (Phi) is 4.97. The number of nitrogens with zero attached hydrogens (tertiary/aromatic N) is 1. The molecule has 1 heterocycles. The molecule has 0 saturated carbocycles. The quantitative estimate of drug-likeness (QED) is 0.901. The van der Waals surface area contributed by atoms with E-state index in [4.69, 9.17) is 4.42 Å². The van der Waals surface area contributed by atoms with Crippen LogP contribution in [-0.4, -0.2) is 30.3 Å². The van der Waals surface area contributed by atoms with Crippen LogP contribution in [-0.2, 0) is 4.79 Å². The number of rotatable bonds is 4. The zero-order chi connectivity index (χ0) is 16.3. The van der Waals surface area contributed by atoms with E-state index in [1.54, 1.807) is 25.1 Å². The standard InChI is InChI=1S/C15H14BrFN2O3/c1-9-3-4-10(7-11(9)17)18-14(20)8-19(2)15(21)12-5-6-13(16)22-12/h3-7H,8H2,1-2H3,(H,18,20). The van der Waals surface area contributed by atoms with Crippen molar-refractivity contribution >= 4 is 33.4 Å². The summed E-state index contributed by atoms with van der Waals surface area (Å²) in [5, 5.41) is 2.54. The van der Waals surface area contributed by atoms with Gasteiger partial charge in [0.25, 0.3) is 5.91 Å². The number of benzene rings is 1. The number of amides is 2. The highest BCUT2D eigenvalue weighted by atomic mass is 79.9. The highest BCUT2D eigenvalue weighted by Crippen LogP contribution is 2.16. The average Bonchev–Trinajstić information content (AvgIpc) is 2.88. The molecule has 0 bridgehead atoms. The van der Waals surface area contributed by atoms with Gasteiger partial charge in [0.05, 0.1) is 6.54 Å². The maximum atomic E-state index is 13.4. The first-order valence-corrected chi connectivity index (χ1v) is 7.23. The van der Waals surface area contributed by atoms with Gasteiger partial charge in [-0.3, -0.25) is 9.59 Å². The van der Waals surface area contributed by atoms with Gasteiger partial charge in [0.1, 0.15) is 5.82 Å². The third kappa shape index (κ3) is 3.94. The number of halogens is 2. The zero-order valence-electron chi connectivity index (χ0n) is 12.0. The van der Waals surface area contributed by atoms with E-state index in [1.807, 2.05) is 0 Å². The Morgan fingerprint density at radius 2 is 2.05 bits per heavy atom. The number of hydrogen-bond donors (Lipinski definition) is 1. The van der Waals surface area contributed by atoms with Crippen molar-refractivity contribution in [2.24, 2.45) is 0 Å². The van der Waals surface area contributed by atoms with Crippen LogP contribution in [0.4, 0.5) is 10.1 Å². The minimum Gasteiger partial charge on any atom is -0.444 e. The van der Waals surface area contributed by atoms with E-state index in [9.17, 15) is 14.0 Å². The Labute approximate surface area is 135 Å². The number of anilines is 1. The normalized spacial score (nSPS) is 10.4. The summed E-state index contributed by atoms with van der Waals surface area (Å²) in [7, 11) is 1.48. The monoisotopic (exact) mass is 368 g/mol. The Bertz CT molecular complexity index is 715. The van der Waals surface area contributed by atoms with E-state index < -0.39 is 17.6 Å². The minimum absolute atomic E-state index is 0.128. The van der Waals surface area contributed by atoms with Crippen LogP contribution in [0, 0.1) is 12.7 Å². The minimum atomic E-state index is -0.426. The van der Waals surface area contributed by atoms with Gasteiger partial charge < -0.3 is 14.6 Å². The van der Waals surface area contributed by atoms with Crippen LogP contribution < -0.4 is 5.32 Å². The Balaban J connectivity index is 1.96. The van der Waals surface area contributed by atoms with Gasteiger partial charge in [-0.1, -0.05) is 6.07 Å². The van der Waals surface area contributed by atoms with Crippen molar-refractivity contribution in [2.75, 3.05) is 18.9 Å². The number of aryl methyl sites for hydroxylation is 1. The van der Waals surface area contributed by atoms with Crippen molar-refractivity contribution in [2.45, 2.75) is 6.92 Å². The molecule has 1 aromatic heterocycles. The van der Waals surface area contributed by atoms with Crippen LogP contribution in [0.25, 0.3) is 0 Å². The number of likely N-dealkylation sites (N-methyl/N-ethyl adjacent to an activating group) is 1. The summed E-state index contributed by atoms with van der Waals surface area (Å²) in [6.45, 7) is 1.46. The van der Waals surface area contributed by atoms with Crippen molar-refractivity contribution in [3.05, 3.63) is 52.1 Å². The third-order valence-electron chi connectivity index (χ3n) is 2.97. The van der Waals surface area contributed by atoms with Gasteiger partial charge in [0, 0.05) is 12.7 Å². The molecule has 2 rings (SSSR count). The van der Waals surface area contributed by atoms with Gasteiger partial charge >= 0.3 is 0 Å². The van der Waals surface area contributed by atoms with Gasteiger partial charge in [-0.25, -0.2) is 4.39 Å². The van der Waals surface area contributed by atoms with Crippen molar-refractivity contribution in [3.63, 3.8) is 0 Å². The van der Waals surface area contributed by atoms with Crippen LogP contribution in [0.5, 0.6) is 0 Å². The van der Waals surface area contributed by atoms with Crippen LogP contribution in [0.3, 0.4) is 0 Å². The predicted molar refractivity (Wildman–Crippen MR) is 83.1 cm³/mol. The molecular formula is C15H14BrFN2O3. The second-order valence-electron chi connectivity index (χ2n) is 4.78. The van der Waals surface area contributed by atoms with Crippen LogP contribution in [0.1, 0.15) is 16.1 Å². The summed E-state index contributed by atoms with van der Waals surface area (Å²) in [5.74, 6) is -1.12. The molecule has 2 aromatic rings. The molecule has 0 aliphatic carbocycles. The van der Waals surface area contributed by atoms with E-state index in [2.05, 4.69) is 21.2 Å². The van der Waals surface area contributed by atoms with Crippen molar-refractivity contribution in [1.29, 1.82) is 0 Å². The molecule has 0 saturated heterocycles. The fourth-order valence-corrected chi connectivity index (χ4v) is 2.08. The first kappa shape index (κ1) is 16.2. The molecule has 0 fully saturated rings. The first-order chi connectivity index (χ1) is 10.4. The maximum Gasteiger partial charge on any atom is 0.289 e. The molecule has 7 heteroatoms. The molecule has 5 nitrogen and oxygen atoms in total. The number of furan rings is 1. The topological polar surface area (TPSA) is 62.6 Å². The lowest BCUT2D eigenvalue weighted by atomic mass is 10.2. The molecule has 116 valence electrons. The summed E-state index contributed by atoms with van der Waals surface area (Å²) < 4.78 is 19.0. The number of nitrogens with one attached hydrogen (secondary N) is 1. The van der Waals surface area contributed by atoms with Crippen molar-refractivity contribution < 1.29 is 18.4 Å². The molecule has 0 spiro atoms. The lowest BCUT2D eigenvalue weighted by molar-refractivity contribution is -0.116. The maximum absolute atomic E-state index is 13.4. The molecule has 0 atom stereocenters. The summed E-state index contributed by atoms with van der Waals surface area (Å²) in [4.78, 5) is 25.1. The summed E-state index contributed by atoms with van der Waals surface area (Å²) in [6, 6.07) is 7.51. The average molecular weight is 369 g/mol. The van der Waals surface area contributed by atoms with Crippen LogP contribution >= 0.6 is 15.9 Å². The van der Waals surface area contributed by atoms with Crippen LogP contribution in [0.2, 0.25) is 0 Å². The molecule has 2 amide bonds. The van der Waals surface area contributed by atoms with Gasteiger partial charge in [0.15, 0.2) is 10.4 Å². The Hall–Kier alpha value is -2.15. The molecule has 0 aliphatic rings. The largest absolute Gasteiger partial charge is 0.444 e. The van der Waals surface area contributed by atoms with Gasteiger partial charge in [0.2, 0.25) is 5.91 Å². The molecule has 1 N–H and O–H groups in total. The Morgan fingerprint density at radius 3 is 2.64 bits per heavy atom. The SMILES string of the molecule is Cc1ccc(NC(=O)CN(C)C(=O)c2ccc(Br)o2)cc1F. The van der Waals surface area contributed by atoms with E-state index in [1.165, 1.54) is 24.1 Å². The van der Waals surface area contributed by atoms with Crippen molar-refractivity contribution in [1.82, 2.24) is 4.90 Å². The van der Waals surface area contributed by atoms with Crippen molar-refractivity contribution in [3.8, 4) is 0 Å². The molecule has 1 aromatic carbocycles. The highest BCUT2D eigenvalue weighted by molar-refractivity contribution is 9.10. The second kappa shape index (κ2) is 6.74. The van der Waals surface area contributed by atoms with E-state index >= 15 is 0 Å². The summed E-state index contributed by atoms with van der Waals surface area (Å²) >= 11 is 3.11. The van der Waals surface area contributed by atoms with E-state index in [0.29, 0.717) is 15.9 Å². The number of carbonyl (C=O) groups is 2. The third-order valence-corrected chi connectivity index (χ3v) is 3.39. The van der Waals surface area contributed by atoms with E-state index in [0.717, 1.165) is 0 Å². The number of hydrogen-bond acceptors (Lipinski definition) is 3. The second-order valence-corrected chi connectivity index (χ2v) is 5.56. The van der Waals surface area contributed by atoms with E-state index in [-0.39, 0.29) is 12.3 Å². The highest BCUT2D eigenvalue weighted by Gasteiger charge is 2.18. The fourth-order valence-electron chi connectivity index (χ4n) is 1.78. The van der Waals surface area contributed by atoms with Crippen LogP contribution in [0.15, 0.2) is 39.4 Å². The molecule has 0 aliphatic heterocycles. The predicted octanol–water partition coefficient (Wildman–Crippen LogP) is 3.20. The lowest BCUT2D eigenvalue weighted by Crippen LogP contribution is -2.34. The first-order valence-electron chi connectivity index (χ1n) is 6.43. The smallest absolute Gasteiger partial charge is 0.289 e. The summed E-state index contributed by atoms with van der Waals surface area (Å²) in [6.07, 6.45) is 0. The van der Waals surface area contributed by atoms with Gasteiger partial charge in [-0.15, -0.1) is 0 Å². The van der Waals surface area contributed by atoms with Gasteiger partial charge in [-0.2, -0.15) is 0 Å². The zero-order valence-corrected chi connectivity index (χ0v) is 13.6.